The molecule has 1 heterocycles. The summed E-state index contributed by atoms with van der Waals surface area (Å²) in [7, 11) is 7.10. The number of benzene rings is 1. The van der Waals surface area contributed by atoms with Gasteiger partial charge in [0.15, 0.2) is 11.5 Å². The van der Waals surface area contributed by atoms with E-state index in [1.165, 1.54) is 7.11 Å². The van der Waals surface area contributed by atoms with Crippen LogP contribution in [-0.2, 0) is 0 Å². The van der Waals surface area contributed by atoms with E-state index in [1.54, 1.807) is 30.2 Å². The van der Waals surface area contributed by atoms with Crippen LogP contribution in [0.1, 0.15) is 16.8 Å². The minimum absolute atomic E-state index is 0.0549. The first-order valence-corrected chi connectivity index (χ1v) is 7.81. The van der Waals surface area contributed by atoms with Gasteiger partial charge >= 0.3 is 0 Å². The van der Waals surface area contributed by atoms with Crippen molar-refractivity contribution < 1.29 is 19.4 Å². The Bertz CT molecular complexity index is 547. The van der Waals surface area contributed by atoms with Gasteiger partial charge in [-0.25, -0.2) is 0 Å². The third-order valence-corrected chi connectivity index (χ3v) is 4.51. The van der Waals surface area contributed by atoms with Gasteiger partial charge in [-0.05, 0) is 32.6 Å². The number of ether oxygens (including phenoxy) is 2. The summed E-state index contributed by atoms with van der Waals surface area (Å²) in [6.45, 7) is 1.28. The average molecular weight is 322 g/mol. The number of hydrogen-bond acceptors (Lipinski definition) is 5. The summed E-state index contributed by atoms with van der Waals surface area (Å²) in [4.78, 5) is 16.8. The highest BCUT2D eigenvalue weighted by Crippen LogP contribution is 2.32. The van der Waals surface area contributed by atoms with Crippen molar-refractivity contribution in [3.8, 4) is 11.5 Å². The van der Waals surface area contributed by atoms with Gasteiger partial charge in [0.2, 0.25) is 0 Å². The van der Waals surface area contributed by atoms with Gasteiger partial charge in [0.05, 0.1) is 19.8 Å². The molecule has 0 aliphatic carbocycles. The summed E-state index contributed by atoms with van der Waals surface area (Å²) in [5, 5.41) is 9.65. The van der Waals surface area contributed by atoms with Crippen LogP contribution in [0.4, 0.5) is 0 Å². The van der Waals surface area contributed by atoms with Gasteiger partial charge in [-0.15, -0.1) is 0 Å². The molecule has 1 saturated heterocycles. The lowest BCUT2D eigenvalue weighted by Gasteiger charge is -2.41. The van der Waals surface area contributed by atoms with Crippen LogP contribution in [0.2, 0.25) is 0 Å². The Morgan fingerprint density at radius 1 is 1.35 bits per heavy atom. The molecule has 1 N–H and O–H groups in total. The quantitative estimate of drug-likeness (QED) is 0.879. The van der Waals surface area contributed by atoms with E-state index in [9.17, 15) is 9.90 Å². The van der Waals surface area contributed by atoms with Crippen molar-refractivity contribution in [2.24, 2.45) is 5.92 Å². The molecule has 1 aliphatic rings. The minimum atomic E-state index is -0.0867. The standard InChI is InChI=1S/C17H26N2O4/c1-18(2)14-8-9-19(10-12(14)11-20)17(21)13-6-5-7-15(22-3)16(13)23-4/h5-7,12,14,20H,8-11H2,1-4H3/t12-,14-/m1/s1. The predicted octanol–water partition coefficient (Wildman–Crippen LogP) is 1.09. The van der Waals surface area contributed by atoms with E-state index in [2.05, 4.69) is 4.90 Å². The zero-order chi connectivity index (χ0) is 17.0. The molecule has 1 aromatic rings. The van der Waals surface area contributed by atoms with Crippen molar-refractivity contribution >= 4 is 5.91 Å². The number of piperidine rings is 1. The first kappa shape index (κ1) is 17.6. The molecule has 1 aliphatic heterocycles. The Kier molecular flexibility index (Phi) is 5.85. The lowest BCUT2D eigenvalue weighted by atomic mass is 9.91. The second-order valence-corrected chi connectivity index (χ2v) is 6.05. The monoisotopic (exact) mass is 322 g/mol. The number of aliphatic hydroxyl groups excluding tert-OH is 1. The highest BCUT2D eigenvalue weighted by atomic mass is 16.5. The highest BCUT2D eigenvalue weighted by molar-refractivity contribution is 5.97. The fourth-order valence-electron chi connectivity index (χ4n) is 3.29. The number of para-hydroxylation sites is 1. The Balaban J connectivity index is 2.22. The molecule has 0 saturated carbocycles. The molecule has 1 amide bonds. The minimum Gasteiger partial charge on any atom is -0.493 e. The third kappa shape index (κ3) is 3.59. The number of carbonyl (C=O) groups excluding carboxylic acids is 1. The number of aliphatic hydroxyl groups is 1. The molecule has 0 bridgehead atoms. The number of carbonyl (C=O) groups is 1. The van der Waals surface area contributed by atoms with Crippen molar-refractivity contribution in [3.63, 3.8) is 0 Å². The van der Waals surface area contributed by atoms with Crippen LogP contribution in [0.25, 0.3) is 0 Å². The van der Waals surface area contributed by atoms with Gasteiger partial charge in [0, 0.05) is 31.7 Å². The maximum atomic E-state index is 12.9. The van der Waals surface area contributed by atoms with Gasteiger partial charge in [-0.1, -0.05) is 6.07 Å². The number of nitrogens with zero attached hydrogens (tertiary/aromatic N) is 2. The van der Waals surface area contributed by atoms with Crippen molar-refractivity contribution in [2.75, 3.05) is 48.0 Å². The smallest absolute Gasteiger partial charge is 0.257 e. The normalized spacial score (nSPS) is 21.4. The molecular formula is C17H26N2O4. The molecule has 0 spiro atoms. The number of methoxy groups -OCH3 is 2. The van der Waals surface area contributed by atoms with Crippen LogP contribution in [0.3, 0.4) is 0 Å². The van der Waals surface area contributed by atoms with Crippen LogP contribution in [0, 0.1) is 5.92 Å². The lowest BCUT2D eigenvalue weighted by Crippen LogP contribution is -2.51. The van der Waals surface area contributed by atoms with Crippen LogP contribution < -0.4 is 9.47 Å². The molecule has 6 heteroatoms. The fraction of sp³-hybridized carbons (Fsp3) is 0.588. The van der Waals surface area contributed by atoms with Gasteiger partial charge in [-0.2, -0.15) is 0 Å². The van der Waals surface area contributed by atoms with Gasteiger partial charge in [-0.3, -0.25) is 4.79 Å². The highest BCUT2D eigenvalue weighted by Gasteiger charge is 2.33. The Labute approximate surface area is 137 Å². The van der Waals surface area contributed by atoms with E-state index in [-0.39, 0.29) is 24.5 Å². The zero-order valence-electron chi connectivity index (χ0n) is 14.3. The van der Waals surface area contributed by atoms with E-state index in [1.807, 2.05) is 14.1 Å². The molecule has 2 atom stereocenters. The van der Waals surface area contributed by atoms with Crippen LogP contribution in [-0.4, -0.2) is 74.9 Å². The third-order valence-electron chi connectivity index (χ3n) is 4.51. The molecule has 0 radical (unpaired) electrons. The lowest BCUT2D eigenvalue weighted by molar-refractivity contribution is 0.0376. The Morgan fingerprint density at radius 2 is 2.09 bits per heavy atom. The van der Waals surface area contributed by atoms with Gasteiger partial charge < -0.3 is 24.4 Å². The number of amides is 1. The van der Waals surface area contributed by atoms with Crippen LogP contribution in [0.5, 0.6) is 11.5 Å². The van der Waals surface area contributed by atoms with Crippen molar-refractivity contribution in [1.29, 1.82) is 0 Å². The van der Waals surface area contributed by atoms with E-state index in [4.69, 9.17) is 9.47 Å². The largest absolute Gasteiger partial charge is 0.493 e. The van der Waals surface area contributed by atoms with Crippen LogP contribution >= 0.6 is 0 Å². The summed E-state index contributed by atoms with van der Waals surface area (Å²) in [5.41, 5.74) is 0.492. The maximum Gasteiger partial charge on any atom is 0.257 e. The number of rotatable bonds is 5. The molecule has 128 valence electrons. The Hall–Kier alpha value is -1.79. The van der Waals surface area contributed by atoms with Crippen molar-refractivity contribution in [1.82, 2.24) is 9.80 Å². The summed E-state index contributed by atoms with van der Waals surface area (Å²) in [6.07, 6.45) is 0.844. The fourth-order valence-corrected chi connectivity index (χ4v) is 3.29. The summed E-state index contributed by atoms with van der Waals surface area (Å²) in [5.74, 6) is 0.964. The molecule has 2 rings (SSSR count). The van der Waals surface area contributed by atoms with Crippen molar-refractivity contribution in [3.05, 3.63) is 23.8 Å². The first-order valence-electron chi connectivity index (χ1n) is 7.81. The SMILES string of the molecule is COc1cccc(C(=O)N2CC[C@@H](N(C)C)[C@@H](CO)C2)c1OC. The average Bonchev–Trinajstić information content (AvgIpc) is 2.59. The van der Waals surface area contributed by atoms with Gasteiger partial charge in [0.25, 0.3) is 5.91 Å². The molecule has 0 unspecified atom stereocenters. The van der Waals surface area contributed by atoms with Crippen molar-refractivity contribution in [2.45, 2.75) is 12.5 Å². The molecule has 1 fully saturated rings. The molecule has 0 aromatic heterocycles. The first-order chi connectivity index (χ1) is 11.0. The molecule has 23 heavy (non-hydrogen) atoms. The van der Waals surface area contributed by atoms with Crippen LogP contribution in [0.15, 0.2) is 18.2 Å². The second-order valence-electron chi connectivity index (χ2n) is 6.05. The number of likely N-dealkylation sites (tertiary alicyclic amines) is 1. The Morgan fingerprint density at radius 3 is 2.65 bits per heavy atom. The molecule has 6 nitrogen and oxygen atoms in total. The molecular weight excluding hydrogens is 296 g/mol. The maximum absolute atomic E-state index is 12.9. The molecule has 1 aromatic carbocycles. The number of hydrogen-bond donors (Lipinski definition) is 1. The second kappa shape index (κ2) is 7.66. The predicted molar refractivity (Wildman–Crippen MR) is 88.1 cm³/mol. The van der Waals surface area contributed by atoms with E-state index in [0.29, 0.717) is 30.2 Å². The van der Waals surface area contributed by atoms with E-state index in [0.717, 1.165) is 6.42 Å². The van der Waals surface area contributed by atoms with Gasteiger partial charge in [0.1, 0.15) is 0 Å². The van der Waals surface area contributed by atoms with E-state index < -0.39 is 0 Å². The topological polar surface area (TPSA) is 62.2 Å². The van der Waals surface area contributed by atoms with E-state index >= 15 is 0 Å². The zero-order valence-corrected chi connectivity index (χ0v) is 14.3. The summed E-state index contributed by atoms with van der Waals surface area (Å²) >= 11 is 0. The summed E-state index contributed by atoms with van der Waals surface area (Å²) in [6, 6.07) is 5.58. The summed E-state index contributed by atoms with van der Waals surface area (Å²) < 4.78 is 10.6.